The Morgan fingerprint density at radius 1 is 1.57 bits per heavy atom. The summed E-state index contributed by atoms with van der Waals surface area (Å²) in [5, 5.41) is 17.2. The summed E-state index contributed by atoms with van der Waals surface area (Å²) in [6.07, 6.45) is 0. The van der Waals surface area contributed by atoms with Gasteiger partial charge in [0.15, 0.2) is 0 Å². The monoisotopic (exact) mass is 198 g/mol. The van der Waals surface area contributed by atoms with Crippen molar-refractivity contribution < 1.29 is 14.8 Å². The lowest BCUT2D eigenvalue weighted by molar-refractivity contribution is -0.385. The molecule has 1 aromatic carbocycles. The number of nitrogens with two attached hydrogens (primary N) is 1. The highest BCUT2D eigenvalue weighted by Crippen LogP contribution is 2.19. The van der Waals surface area contributed by atoms with Crippen LogP contribution in [0.2, 0.25) is 0 Å². The first-order valence-electron chi connectivity index (χ1n) is 3.61. The summed E-state index contributed by atoms with van der Waals surface area (Å²) in [6, 6.07) is 4.63. The fourth-order valence-electron chi connectivity index (χ4n) is 0.823. The van der Waals surface area contributed by atoms with Crippen LogP contribution < -0.4 is 5.73 Å². The number of carboxylic acid groups (broad SMARTS) is 1. The summed E-state index contributed by atoms with van der Waals surface area (Å²) in [6.45, 7) is 1.43. The van der Waals surface area contributed by atoms with Crippen molar-refractivity contribution in [1.29, 1.82) is 0 Å². The molecule has 6 heteroatoms. The van der Waals surface area contributed by atoms with Crippen LogP contribution >= 0.6 is 0 Å². The molecule has 0 aliphatic heterocycles. The third-order valence-corrected chi connectivity index (χ3v) is 1.43. The number of rotatable bonds is 1. The minimum Gasteiger partial charge on any atom is -0.483 e. The molecular weight excluding hydrogens is 188 g/mol. The van der Waals surface area contributed by atoms with Gasteiger partial charge < -0.3 is 10.8 Å². The van der Waals surface area contributed by atoms with Crippen molar-refractivity contribution in [1.82, 2.24) is 0 Å². The molecule has 0 saturated heterocycles. The summed E-state index contributed by atoms with van der Waals surface area (Å²) in [7, 11) is 0. The van der Waals surface area contributed by atoms with Gasteiger partial charge in [0.2, 0.25) is 0 Å². The van der Waals surface area contributed by atoms with Gasteiger partial charge in [0.05, 0.1) is 4.92 Å². The highest BCUT2D eigenvalue weighted by Gasteiger charge is 2.08. The highest BCUT2D eigenvalue weighted by molar-refractivity contribution is 5.51. The van der Waals surface area contributed by atoms with Crippen molar-refractivity contribution in [2.24, 2.45) is 0 Å². The predicted molar refractivity (Wildman–Crippen MR) is 50.9 cm³/mol. The molecule has 76 valence electrons. The Bertz CT molecular complexity index is 338. The molecule has 3 N–H and O–H groups in total. The first-order valence-corrected chi connectivity index (χ1v) is 3.61. The molecular formula is C8H10N2O4. The van der Waals surface area contributed by atoms with E-state index in [9.17, 15) is 10.1 Å². The second-order valence-electron chi connectivity index (χ2n) is 2.41. The van der Waals surface area contributed by atoms with Gasteiger partial charge in [-0.2, -0.15) is 0 Å². The van der Waals surface area contributed by atoms with Crippen molar-refractivity contribution in [3.63, 3.8) is 0 Å². The fourth-order valence-corrected chi connectivity index (χ4v) is 0.823. The van der Waals surface area contributed by atoms with Crippen LogP contribution in [0.1, 0.15) is 5.56 Å². The van der Waals surface area contributed by atoms with Crippen LogP contribution in [0.4, 0.5) is 11.4 Å². The average Bonchev–Trinajstić information content (AvgIpc) is 2.10. The molecule has 1 aromatic rings. The Morgan fingerprint density at radius 2 is 2.07 bits per heavy atom. The van der Waals surface area contributed by atoms with Crippen LogP contribution in [0.3, 0.4) is 0 Å². The van der Waals surface area contributed by atoms with Crippen LogP contribution in [-0.4, -0.2) is 16.5 Å². The number of nitro groups is 1. The van der Waals surface area contributed by atoms with E-state index in [0.29, 0.717) is 11.3 Å². The summed E-state index contributed by atoms with van der Waals surface area (Å²) in [5.41, 5.74) is 6.48. The summed E-state index contributed by atoms with van der Waals surface area (Å²) < 4.78 is 0. The molecule has 0 amide bonds. The SMILES string of the molecule is Cc1ccc(N)cc1[N+](=O)[O-].O=CO. The minimum atomic E-state index is -0.439. The first-order chi connectivity index (χ1) is 6.52. The Hall–Kier alpha value is -2.11. The van der Waals surface area contributed by atoms with Crippen LogP contribution in [0.25, 0.3) is 0 Å². The van der Waals surface area contributed by atoms with E-state index in [1.165, 1.54) is 6.07 Å². The molecule has 0 unspecified atom stereocenters. The molecule has 0 heterocycles. The highest BCUT2D eigenvalue weighted by atomic mass is 16.6. The number of nitrogen functional groups attached to an aromatic ring is 1. The lowest BCUT2D eigenvalue weighted by Crippen LogP contribution is -1.93. The average molecular weight is 198 g/mol. The molecule has 0 spiro atoms. The van der Waals surface area contributed by atoms with E-state index in [-0.39, 0.29) is 12.2 Å². The Balaban J connectivity index is 0.000000500. The number of benzene rings is 1. The van der Waals surface area contributed by atoms with Gasteiger partial charge in [0, 0.05) is 17.3 Å². The molecule has 0 radical (unpaired) electrons. The molecule has 1 rings (SSSR count). The molecule has 0 atom stereocenters. The molecule has 0 aromatic heterocycles. The van der Waals surface area contributed by atoms with Crippen LogP contribution in [0.5, 0.6) is 0 Å². The fraction of sp³-hybridized carbons (Fsp3) is 0.125. The number of carbonyl (C=O) groups is 1. The van der Waals surface area contributed by atoms with Gasteiger partial charge in [0.1, 0.15) is 0 Å². The number of nitrogens with zero attached hydrogens (tertiary/aromatic N) is 1. The second kappa shape index (κ2) is 5.52. The largest absolute Gasteiger partial charge is 0.483 e. The number of aryl methyl sites for hydroxylation is 1. The molecule has 0 aliphatic rings. The standard InChI is InChI=1S/C7H8N2O2.CH2O2/c1-5-2-3-6(8)4-7(5)9(10)11;2-1-3/h2-4H,8H2,1H3;1H,(H,2,3). The molecule has 0 saturated carbocycles. The van der Waals surface area contributed by atoms with Gasteiger partial charge in [-0.05, 0) is 13.0 Å². The lowest BCUT2D eigenvalue weighted by atomic mass is 10.2. The zero-order valence-electron chi connectivity index (χ0n) is 7.51. The summed E-state index contributed by atoms with van der Waals surface area (Å²) in [4.78, 5) is 18.2. The van der Waals surface area contributed by atoms with Crippen molar-refractivity contribution >= 4 is 17.8 Å². The Kier molecular flexibility index (Phi) is 4.69. The topological polar surface area (TPSA) is 106 Å². The number of anilines is 1. The molecule has 0 fully saturated rings. The van der Waals surface area contributed by atoms with E-state index in [1.807, 2.05) is 0 Å². The smallest absolute Gasteiger partial charge is 0.290 e. The van der Waals surface area contributed by atoms with Crippen molar-refractivity contribution in [2.45, 2.75) is 6.92 Å². The van der Waals surface area contributed by atoms with E-state index in [1.54, 1.807) is 19.1 Å². The van der Waals surface area contributed by atoms with Gasteiger partial charge in [-0.15, -0.1) is 0 Å². The second-order valence-corrected chi connectivity index (χ2v) is 2.41. The predicted octanol–water partition coefficient (Wildman–Crippen LogP) is 1.19. The summed E-state index contributed by atoms with van der Waals surface area (Å²) >= 11 is 0. The molecule has 0 aliphatic carbocycles. The molecule has 14 heavy (non-hydrogen) atoms. The number of nitro benzene ring substituents is 1. The van der Waals surface area contributed by atoms with Gasteiger partial charge in [-0.25, -0.2) is 0 Å². The quantitative estimate of drug-likeness (QED) is 0.305. The van der Waals surface area contributed by atoms with Gasteiger partial charge in [0.25, 0.3) is 12.2 Å². The van der Waals surface area contributed by atoms with E-state index < -0.39 is 4.92 Å². The summed E-state index contributed by atoms with van der Waals surface area (Å²) in [5.74, 6) is 0. The van der Waals surface area contributed by atoms with Crippen LogP contribution in [0.15, 0.2) is 18.2 Å². The zero-order valence-corrected chi connectivity index (χ0v) is 7.51. The minimum absolute atomic E-state index is 0.0741. The van der Waals surface area contributed by atoms with E-state index in [2.05, 4.69) is 0 Å². The Morgan fingerprint density at radius 3 is 2.43 bits per heavy atom. The van der Waals surface area contributed by atoms with Gasteiger partial charge in [-0.3, -0.25) is 14.9 Å². The number of hydrogen-bond acceptors (Lipinski definition) is 4. The van der Waals surface area contributed by atoms with E-state index in [0.717, 1.165) is 0 Å². The van der Waals surface area contributed by atoms with Gasteiger partial charge in [-0.1, -0.05) is 6.07 Å². The van der Waals surface area contributed by atoms with Crippen LogP contribution in [0, 0.1) is 17.0 Å². The zero-order chi connectivity index (χ0) is 11.1. The third-order valence-electron chi connectivity index (χ3n) is 1.43. The third kappa shape index (κ3) is 3.53. The van der Waals surface area contributed by atoms with Crippen molar-refractivity contribution in [3.8, 4) is 0 Å². The molecule has 6 nitrogen and oxygen atoms in total. The lowest BCUT2D eigenvalue weighted by Gasteiger charge is -1.96. The van der Waals surface area contributed by atoms with Crippen molar-refractivity contribution in [3.05, 3.63) is 33.9 Å². The van der Waals surface area contributed by atoms with Gasteiger partial charge >= 0.3 is 0 Å². The maximum Gasteiger partial charge on any atom is 0.290 e. The van der Waals surface area contributed by atoms with Crippen LogP contribution in [-0.2, 0) is 4.79 Å². The normalized spacial score (nSPS) is 8.36. The maximum atomic E-state index is 10.3. The maximum absolute atomic E-state index is 10.3. The number of hydrogen-bond donors (Lipinski definition) is 2. The molecule has 0 bridgehead atoms. The van der Waals surface area contributed by atoms with E-state index >= 15 is 0 Å². The van der Waals surface area contributed by atoms with Crippen molar-refractivity contribution in [2.75, 3.05) is 5.73 Å². The Labute approximate surface area is 80.1 Å². The first kappa shape index (κ1) is 11.9. The van der Waals surface area contributed by atoms with E-state index in [4.69, 9.17) is 15.6 Å².